The molecule has 1 aromatic rings. The highest BCUT2D eigenvalue weighted by Gasteiger charge is 2.21. The summed E-state index contributed by atoms with van der Waals surface area (Å²) < 4.78 is 10.7. The molecule has 25 heavy (non-hydrogen) atoms. The summed E-state index contributed by atoms with van der Waals surface area (Å²) in [7, 11) is 4.66. The van der Waals surface area contributed by atoms with Crippen molar-refractivity contribution in [1.82, 2.24) is 10.2 Å². The van der Waals surface area contributed by atoms with Crippen LogP contribution < -0.4 is 14.8 Å². The van der Waals surface area contributed by atoms with Gasteiger partial charge in [0.25, 0.3) is 5.91 Å². The van der Waals surface area contributed by atoms with Crippen molar-refractivity contribution in [3.63, 3.8) is 0 Å². The summed E-state index contributed by atoms with van der Waals surface area (Å²) in [6.45, 7) is 9.37. The summed E-state index contributed by atoms with van der Waals surface area (Å²) in [6.07, 6.45) is 2.26. The molecule has 0 fully saturated rings. The first-order chi connectivity index (χ1) is 11.6. The molecule has 0 atom stereocenters. The number of amides is 2. The second-order valence-corrected chi connectivity index (χ2v) is 6.82. The Morgan fingerprint density at radius 2 is 1.88 bits per heavy atom. The zero-order valence-electron chi connectivity index (χ0n) is 15.9. The smallest absolute Gasteiger partial charge is 0.254 e. The maximum atomic E-state index is 12.7. The number of benzene rings is 1. The Morgan fingerprint density at radius 3 is 2.36 bits per heavy atom. The van der Waals surface area contributed by atoms with Crippen LogP contribution in [0.4, 0.5) is 0 Å². The van der Waals surface area contributed by atoms with Gasteiger partial charge in [0.15, 0.2) is 11.5 Å². The number of methoxy groups -OCH3 is 2. The number of nitrogens with one attached hydrogen (secondary N) is 1. The monoisotopic (exact) mass is 348 g/mol. The third-order valence-electron chi connectivity index (χ3n) is 3.41. The topological polar surface area (TPSA) is 67.9 Å². The van der Waals surface area contributed by atoms with Crippen LogP contribution in [0.2, 0.25) is 0 Å². The van der Waals surface area contributed by atoms with E-state index in [9.17, 15) is 9.59 Å². The van der Waals surface area contributed by atoms with Gasteiger partial charge in [0.05, 0.1) is 20.8 Å². The van der Waals surface area contributed by atoms with Crippen LogP contribution in [0, 0.1) is 0 Å². The first-order valence-electron chi connectivity index (χ1n) is 8.05. The molecule has 1 aromatic carbocycles. The number of ether oxygens (including phenoxy) is 2. The second kappa shape index (κ2) is 8.55. The number of hydrogen-bond acceptors (Lipinski definition) is 4. The van der Waals surface area contributed by atoms with Gasteiger partial charge in [-0.25, -0.2) is 0 Å². The third-order valence-corrected chi connectivity index (χ3v) is 3.41. The standard InChI is InChI=1S/C19H28N2O4/c1-8-9-13-10-14(11-15(24-6)17(13)25-7)18(23)21(5)12-16(22)20-19(2,3)4/h8,10-11H,1,9,12H2,2-7H3,(H,20,22). The fraction of sp³-hybridized carbons (Fsp3) is 0.474. The highest BCUT2D eigenvalue weighted by atomic mass is 16.5. The van der Waals surface area contributed by atoms with E-state index in [1.165, 1.54) is 12.0 Å². The number of nitrogens with zero attached hydrogens (tertiary/aromatic N) is 1. The van der Waals surface area contributed by atoms with Crippen molar-refractivity contribution < 1.29 is 19.1 Å². The Labute approximate surface area is 149 Å². The van der Waals surface area contributed by atoms with E-state index in [-0.39, 0.29) is 23.9 Å². The molecule has 0 aliphatic carbocycles. The summed E-state index contributed by atoms with van der Waals surface area (Å²) in [5.41, 5.74) is 0.884. The second-order valence-electron chi connectivity index (χ2n) is 6.82. The number of allylic oxidation sites excluding steroid dienone is 1. The van der Waals surface area contributed by atoms with Crippen LogP contribution in [0.5, 0.6) is 11.5 Å². The van der Waals surface area contributed by atoms with Crippen molar-refractivity contribution in [1.29, 1.82) is 0 Å². The summed E-state index contributed by atoms with van der Waals surface area (Å²) in [6, 6.07) is 3.36. The van der Waals surface area contributed by atoms with Gasteiger partial charge in [0.2, 0.25) is 5.91 Å². The minimum Gasteiger partial charge on any atom is -0.493 e. The minimum atomic E-state index is -0.346. The molecule has 6 nitrogen and oxygen atoms in total. The summed E-state index contributed by atoms with van der Waals surface area (Å²) >= 11 is 0. The highest BCUT2D eigenvalue weighted by Crippen LogP contribution is 2.33. The lowest BCUT2D eigenvalue weighted by Crippen LogP contribution is -2.46. The lowest BCUT2D eigenvalue weighted by molar-refractivity contribution is -0.122. The van der Waals surface area contributed by atoms with Gasteiger partial charge in [-0.05, 0) is 39.3 Å². The third kappa shape index (κ3) is 5.81. The zero-order valence-corrected chi connectivity index (χ0v) is 15.9. The van der Waals surface area contributed by atoms with Crippen LogP contribution in [0.1, 0.15) is 36.7 Å². The highest BCUT2D eigenvalue weighted by molar-refractivity contribution is 5.97. The van der Waals surface area contributed by atoms with Crippen LogP contribution in [0.25, 0.3) is 0 Å². The minimum absolute atomic E-state index is 0.0265. The van der Waals surface area contributed by atoms with E-state index in [1.807, 2.05) is 20.8 Å². The van der Waals surface area contributed by atoms with Crippen molar-refractivity contribution in [2.45, 2.75) is 32.7 Å². The molecule has 0 saturated heterocycles. The number of rotatable bonds is 7. The van der Waals surface area contributed by atoms with E-state index in [4.69, 9.17) is 9.47 Å². The quantitative estimate of drug-likeness (QED) is 0.769. The summed E-state index contributed by atoms with van der Waals surface area (Å²) in [5, 5.41) is 2.84. The summed E-state index contributed by atoms with van der Waals surface area (Å²) in [4.78, 5) is 26.1. The fourth-order valence-electron chi connectivity index (χ4n) is 2.44. The Morgan fingerprint density at radius 1 is 1.24 bits per heavy atom. The van der Waals surface area contributed by atoms with Crippen LogP contribution in [0.3, 0.4) is 0 Å². The molecule has 0 spiro atoms. The normalized spacial score (nSPS) is 10.8. The van der Waals surface area contributed by atoms with E-state index in [2.05, 4.69) is 11.9 Å². The van der Waals surface area contributed by atoms with Gasteiger partial charge in [0.1, 0.15) is 0 Å². The molecule has 0 radical (unpaired) electrons. The molecule has 1 rings (SSSR count). The Balaban J connectivity index is 3.05. The van der Waals surface area contributed by atoms with E-state index >= 15 is 0 Å². The van der Waals surface area contributed by atoms with Crippen molar-refractivity contribution >= 4 is 11.8 Å². The van der Waals surface area contributed by atoms with Gasteiger partial charge in [-0.15, -0.1) is 6.58 Å². The number of carbonyl (C=O) groups is 2. The predicted molar refractivity (Wildman–Crippen MR) is 98.3 cm³/mol. The maximum absolute atomic E-state index is 12.7. The molecule has 1 N–H and O–H groups in total. The van der Waals surface area contributed by atoms with Crippen LogP contribution in [0.15, 0.2) is 24.8 Å². The van der Waals surface area contributed by atoms with Crippen LogP contribution in [-0.2, 0) is 11.2 Å². The molecule has 0 bridgehead atoms. The lowest BCUT2D eigenvalue weighted by atomic mass is 10.0. The first kappa shape index (κ1) is 20.5. The molecule has 0 unspecified atom stereocenters. The molecule has 2 amide bonds. The molecular formula is C19H28N2O4. The van der Waals surface area contributed by atoms with E-state index in [0.717, 1.165) is 5.56 Å². The van der Waals surface area contributed by atoms with Gasteiger partial charge in [-0.2, -0.15) is 0 Å². The Bertz CT molecular complexity index is 648. The molecular weight excluding hydrogens is 320 g/mol. The van der Waals surface area contributed by atoms with Gasteiger partial charge < -0.3 is 19.7 Å². The maximum Gasteiger partial charge on any atom is 0.254 e. The largest absolute Gasteiger partial charge is 0.493 e. The summed E-state index contributed by atoms with van der Waals surface area (Å²) in [5.74, 6) is 0.565. The molecule has 0 heterocycles. The first-order valence-corrected chi connectivity index (χ1v) is 8.05. The molecule has 0 saturated carbocycles. The van der Waals surface area contributed by atoms with Crippen LogP contribution in [-0.4, -0.2) is 50.1 Å². The van der Waals surface area contributed by atoms with Gasteiger partial charge >= 0.3 is 0 Å². The molecule has 0 aliphatic heterocycles. The van der Waals surface area contributed by atoms with Gasteiger partial charge in [-0.1, -0.05) is 6.08 Å². The van der Waals surface area contributed by atoms with Crippen molar-refractivity contribution in [3.05, 3.63) is 35.9 Å². The van der Waals surface area contributed by atoms with Crippen molar-refractivity contribution in [2.24, 2.45) is 0 Å². The lowest BCUT2D eigenvalue weighted by Gasteiger charge is -2.24. The zero-order chi connectivity index (χ0) is 19.2. The van der Waals surface area contributed by atoms with Crippen molar-refractivity contribution in [3.8, 4) is 11.5 Å². The van der Waals surface area contributed by atoms with Gasteiger partial charge in [-0.3, -0.25) is 9.59 Å². The SMILES string of the molecule is C=CCc1cc(C(=O)N(C)CC(=O)NC(C)(C)C)cc(OC)c1OC. The van der Waals surface area contributed by atoms with Crippen molar-refractivity contribution in [2.75, 3.05) is 27.8 Å². The molecule has 0 aromatic heterocycles. The van der Waals surface area contributed by atoms with Crippen LogP contribution >= 0.6 is 0 Å². The number of likely N-dealkylation sites (N-methyl/N-ethyl adjacent to an activating group) is 1. The molecule has 138 valence electrons. The Kier molecular flexibility index (Phi) is 7.03. The number of hydrogen-bond donors (Lipinski definition) is 1. The predicted octanol–water partition coefficient (Wildman–Crippen LogP) is 2.42. The van der Waals surface area contributed by atoms with E-state index in [1.54, 1.807) is 32.4 Å². The Hall–Kier alpha value is -2.50. The average Bonchev–Trinajstić information content (AvgIpc) is 2.51. The van der Waals surface area contributed by atoms with E-state index < -0.39 is 0 Å². The number of carbonyl (C=O) groups excluding carboxylic acids is 2. The molecule has 0 aliphatic rings. The average molecular weight is 348 g/mol. The van der Waals surface area contributed by atoms with E-state index in [0.29, 0.717) is 23.5 Å². The fourth-order valence-corrected chi connectivity index (χ4v) is 2.44. The molecule has 6 heteroatoms. The van der Waals surface area contributed by atoms with Gasteiger partial charge in [0, 0.05) is 23.7 Å².